The summed E-state index contributed by atoms with van der Waals surface area (Å²) in [6.07, 6.45) is 5.16. The van der Waals surface area contributed by atoms with Gasteiger partial charge in [-0.15, -0.1) is 0 Å². The zero-order chi connectivity index (χ0) is 17.5. The highest BCUT2D eigenvalue weighted by molar-refractivity contribution is 5.73. The summed E-state index contributed by atoms with van der Waals surface area (Å²) in [5, 5.41) is 3.03. The molecule has 2 amide bonds. The van der Waals surface area contributed by atoms with Crippen LogP contribution in [0.15, 0.2) is 24.3 Å². The summed E-state index contributed by atoms with van der Waals surface area (Å²) in [5.41, 5.74) is 2.46. The number of nitrogens with zero attached hydrogens (tertiary/aromatic N) is 2. The molecule has 1 saturated heterocycles. The predicted octanol–water partition coefficient (Wildman–Crippen LogP) is 2.85. The third-order valence-electron chi connectivity index (χ3n) is 5.33. The molecule has 2 fully saturated rings. The number of benzene rings is 1. The van der Waals surface area contributed by atoms with E-state index in [4.69, 9.17) is 4.74 Å². The van der Waals surface area contributed by atoms with Crippen molar-refractivity contribution in [2.75, 3.05) is 39.9 Å². The summed E-state index contributed by atoms with van der Waals surface area (Å²) in [7, 11) is 1.90. The van der Waals surface area contributed by atoms with Gasteiger partial charge in [0.05, 0.1) is 13.2 Å². The Kier molecular flexibility index (Phi) is 6.70. The number of ether oxygens (including phenoxy) is 1. The highest BCUT2D eigenvalue weighted by Crippen LogP contribution is 2.25. The fourth-order valence-corrected chi connectivity index (χ4v) is 3.76. The number of rotatable bonds is 6. The Morgan fingerprint density at radius 3 is 2.48 bits per heavy atom. The zero-order valence-corrected chi connectivity index (χ0v) is 15.4. The summed E-state index contributed by atoms with van der Waals surface area (Å²) in [6.45, 7) is 6.11. The first-order valence-corrected chi connectivity index (χ1v) is 9.57. The molecule has 1 aliphatic carbocycles. The molecule has 3 rings (SSSR count). The van der Waals surface area contributed by atoms with E-state index < -0.39 is 0 Å². The van der Waals surface area contributed by atoms with E-state index >= 15 is 0 Å². The van der Waals surface area contributed by atoms with Gasteiger partial charge in [0.2, 0.25) is 0 Å². The van der Waals surface area contributed by atoms with E-state index in [0.717, 1.165) is 45.0 Å². The number of urea groups is 1. The van der Waals surface area contributed by atoms with Gasteiger partial charge < -0.3 is 15.0 Å². The molecule has 0 aromatic heterocycles. The van der Waals surface area contributed by atoms with Gasteiger partial charge in [-0.1, -0.05) is 37.1 Å². The molecule has 1 N–H and O–H groups in total. The second-order valence-electron chi connectivity index (χ2n) is 7.39. The van der Waals surface area contributed by atoms with Crippen LogP contribution in [0.3, 0.4) is 0 Å². The smallest absolute Gasteiger partial charge is 0.317 e. The maximum atomic E-state index is 12.2. The lowest BCUT2D eigenvalue weighted by atomic mass is 10.1. The van der Waals surface area contributed by atoms with Crippen molar-refractivity contribution in [2.45, 2.75) is 38.8 Å². The SMILES string of the molecule is CN(CC1CCCC1)C(=O)NCc1ccc(CN2CCOCC2)cc1. The lowest BCUT2D eigenvalue weighted by Crippen LogP contribution is -2.39. The first kappa shape index (κ1) is 18.2. The zero-order valence-electron chi connectivity index (χ0n) is 15.4. The van der Waals surface area contributed by atoms with Gasteiger partial charge in [0.25, 0.3) is 0 Å². The Morgan fingerprint density at radius 1 is 1.16 bits per heavy atom. The Balaban J connectivity index is 1.40. The monoisotopic (exact) mass is 345 g/mol. The van der Waals surface area contributed by atoms with Gasteiger partial charge in [-0.2, -0.15) is 0 Å². The average molecular weight is 345 g/mol. The van der Waals surface area contributed by atoms with Crippen LogP contribution >= 0.6 is 0 Å². The maximum Gasteiger partial charge on any atom is 0.317 e. The number of nitrogens with one attached hydrogen (secondary N) is 1. The van der Waals surface area contributed by atoms with E-state index in [1.54, 1.807) is 0 Å². The molecule has 5 nitrogen and oxygen atoms in total. The van der Waals surface area contributed by atoms with Crippen molar-refractivity contribution in [3.63, 3.8) is 0 Å². The van der Waals surface area contributed by atoms with E-state index in [0.29, 0.717) is 12.5 Å². The molecule has 0 atom stereocenters. The molecular weight excluding hydrogens is 314 g/mol. The third kappa shape index (κ3) is 5.72. The molecule has 5 heteroatoms. The van der Waals surface area contributed by atoms with E-state index in [9.17, 15) is 4.79 Å². The molecule has 0 unspecified atom stereocenters. The molecule has 1 aromatic rings. The molecule has 138 valence electrons. The minimum atomic E-state index is 0.0318. The van der Waals surface area contributed by atoms with Crippen molar-refractivity contribution in [3.05, 3.63) is 35.4 Å². The van der Waals surface area contributed by atoms with Crippen molar-refractivity contribution >= 4 is 6.03 Å². The normalized spacial score (nSPS) is 19.1. The molecule has 0 spiro atoms. The largest absolute Gasteiger partial charge is 0.379 e. The highest BCUT2D eigenvalue weighted by atomic mass is 16.5. The minimum Gasteiger partial charge on any atom is -0.379 e. The molecular formula is C20H31N3O2. The molecule has 0 bridgehead atoms. The first-order chi connectivity index (χ1) is 12.2. The third-order valence-corrected chi connectivity index (χ3v) is 5.33. The Hall–Kier alpha value is -1.59. The van der Waals surface area contributed by atoms with E-state index in [-0.39, 0.29) is 6.03 Å². The molecule has 25 heavy (non-hydrogen) atoms. The second kappa shape index (κ2) is 9.20. The minimum absolute atomic E-state index is 0.0318. The molecule has 2 aliphatic rings. The number of hydrogen-bond donors (Lipinski definition) is 1. The number of amides is 2. The summed E-state index contributed by atoms with van der Waals surface area (Å²) < 4.78 is 5.39. The lowest BCUT2D eigenvalue weighted by Gasteiger charge is -2.26. The first-order valence-electron chi connectivity index (χ1n) is 9.57. The van der Waals surface area contributed by atoms with Crippen LogP contribution in [-0.2, 0) is 17.8 Å². The van der Waals surface area contributed by atoms with Gasteiger partial charge in [0, 0.05) is 39.8 Å². The van der Waals surface area contributed by atoms with Gasteiger partial charge in [0.15, 0.2) is 0 Å². The molecule has 1 aliphatic heterocycles. The van der Waals surface area contributed by atoms with Crippen molar-refractivity contribution in [3.8, 4) is 0 Å². The molecule has 1 aromatic carbocycles. The Morgan fingerprint density at radius 2 is 1.80 bits per heavy atom. The number of carbonyl (C=O) groups excluding carboxylic acids is 1. The van der Waals surface area contributed by atoms with Gasteiger partial charge >= 0.3 is 6.03 Å². The topological polar surface area (TPSA) is 44.8 Å². The molecule has 1 saturated carbocycles. The van der Waals surface area contributed by atoms with Gasteiger partial charge in [0.1, 0.15) is 0 Å². The van der Waals surface area contributed by atoms with Crippen LogP contribution in [0, 0.1) is 5.92 Å². The van der Waals surface area contributed by atoms with E-state index in [2.05, 4.69) is 34.5 Å². The van der Waals surface area contributed by atoms with Crippen molar-refractivity contribution in [2.24, 2.45) is 5.92 Å². The van der Waals surface area contributed by atoms with Crippen molar-refractivity contribution < 1.29 is 9.53 Å². The predicted molar refractivity (Wildman–Crippen MR) is 99.4 cm³/mol. The fourth-order valence-electron chi connectivity index (χ4n) is 3.76. The summed E-state index contributed by atoms with van der Waals surface area (Å²) in [5.74, 6) is 0.690. The molecule has 1 heterocycles. The standard InChI is InChI=1S/C20H31N3O2/c1-22(15-18-4-2-3-5-18)20(24)21-14-17-6-8-19(9-7-17)16-23-10-12-25-13-11-23/h6-9,18H,2-5,10-16H2,1H3,(H,21,24). The number of hydrogen-bond acceptors (Lipinski definition) is 3. The van der Waals surface area contributed by atoms with Gasteiger partial charge in [-0.05, 0) is 29.9 Å². The Labute approximate surface area is 151 Å². The van der Waals surface area contributed by atoms with Gasteiger partial charge in [-0.3, -0.25) is 4.90 Å². The quantitative estimate of drug-likeness (QED) is 0.862. The lowest BCUT2D eigenvalue weighted by molar-refractivity contribution is 0.0342. The van der Waals surface area contributed by atoms with E-state index in [1.807, 2.05) is 11.9 Å². The van der Waals surface area contributed by atoms with E-state index in [1.165, 1.54) is 31.2 Å². The van der Waals surface area contributed by atoms with Crippen LogP contribution in [0.25, 0.3) is 0 Å². The number of carbonyl (C=O) groups is 1. The van der Waals surface area contributed by atoms with Crippen LogP contribution in [0.1, 0.15) is 36.8 Å². The van der Waals surface area contributed by atoms with Crippen LogP contribution in [-0.4, -0.2) is 55.7 Å². The van der Waals surface area contributed by atoms with Crippen LogP contribution < -0.4 is 5.32 Å². The summed E-state index contributed by atoms with van der Waals surface area (Å²) in [4.78, 5) is 16.5. The van der Waals surface area contributed by atoms with Crippen LogP contribution in [0.4, 0.5) is 4.79 Å². The van der Waals surface area contributed by atoms with Crippen LogP contribution in [0.5, 0.6) is 0 Å². The average Bonchev–Trinajstić information content (AvgIpc) is 3.14. The van der Waals surface area contributed by atoms with Crippen molar-refractivity contribution in [1.82, 2.24) is 15.1 Å². The number of morpholine rings is 1. The maximum absolute atomic E-state index is 12.2. The summed E-state index contributed by atoms with van der Waals surface area (Å²) >= 11 is 0. The van der Waals surface area contributed by atoms with Crippen LogP contribution in [0.2, 0.25) is 0 Å². The summed E-state index contributed by atoms with van der Waals surface area (Å²) in [6, 6.07) is 8.60. The fraction of sp³-hybridized carbons (Fsp3) is 0.650. The Bertz CT molecular complexity index is 534. The van der Waals surface area contributed by atoms with Gasteiger partial charge in [-0.25, -0.2) is 4.79 Å². The second-order valence-corrected chi connectivity index (χ2v) is 7.39. The molecule has 0 radical (unpaired) electrons. The van der Waals surface area contributed by atoms with Crippen molar-refractivity contribution in [1.29, 1.82) is 0 Å². The highest BCUT2D eigenvalue weighted by Gasteiger charge is 2.19.